The van der Waals surface area contributed by atoms with Crippen molar-refractivity contribution in [2.24, 2.45) is 5.92 Å². The number of rotatable bonds is 4. The molecule has 106 valence electrons. The van der Waals surface area contributed by atoms with E-state index in [1.54, 1.807) is 11.8 Å². The molecule has 1 aromatic heterocycles. The van der Waals surface area contributed by atoms with Gasteiger partial charge in [0.2, 0.25) is 0 Å². The van der Waals surface area contributed by atoms with Gasteiger partial charge in [-0.1, -0.05) is 0 Å². The van der Waals surface area contributed by atoms with Crippen LogP contribution in [0.3, 0.4) is 0 Å². The Morgan fingerprint density at radius 3 is 2.74 bits per heavy atom. The summed E-state index contributed by atoms with van der Waals surface area (Å²) in [4.78, 5) is 13.0. The van der Waals surface area contributed by atoms with Crippen LogP contribution in [0.1, 0.15) is 13.3 Å². The zero-order chi connectivity index (χ0) is 14.0. The van der Waals surface area contributed by atoms with E-state index in [2.05, 4.69) is 5.10 Å². The number of hydrogen-bond donors (Lipinski definition) is 0. The molecule has 1 aliphatic rings. The Bertz CT molecular complexity index is 452. The number of anilines is 1. The Kier molecular flexibility index (Phi) is 3.68. The highest BCUT2D eigenvalue weighted by atomic mass is 19.4. The van der Waals surface area contributed by atoms with Crippen molar-refractivity contribution >= 4 is 11.7 Å². The minimum atomic E-state index is -4.49. The van der Waals surface area contributed by atoms with Crippen molar-refractivity contribution in [1.29, 1.82) is 0 Å². The highest BCUT2D eigenvalue weighted by Crippen LogP contribution is 2.29. The molecular weight excluding hydrogens is 263 g/mol. The molecule has 2 rings (SSSR count). The molecule has 5 nitrogen and oxygen atoms in total. The van der Waals surface area contributed by atoms with Crippen LogP contribution < -0.4 is 4.90 Å². The van der Waals surface area contributed by atoms with Crippen LogP contribution in [-0.2, 0) is 15.8 Å². The number of halogens is 3. The molecule has 8 heteroatoms. The number of aromatic nitrogens is 2. The van der Waals surface area contributed by atoms with Crippen LogP contribution >= 0.6 is 0 Å². The van der Waals surface area contributed by atoms with Gasteiger partial charge in [0.15, 0.2) is 0 Å². The molecule has 1 saturated heterocycles. The van der Waals surface area contributed by atoms with Crippen LogP contribution in [0.15, 0.2) is 12.4 Å². The molecule has 0 amide bonds. The number of alkyl halides is 3. The zero-order valence-electron chi connectivity index (χ0n) is 10.4. The van der Waals surface area contributed by atoms with Gasteiger partial charge in [-0.2, -0.15) is 9.78 Å². The maximum Gasteiger partial charge on any atom is 0.504 e. The van der Waals surface area contributed by atoms with Crippen LogP contribution in [0.2, 0.25) is 0 Å². The molecule has 0 aliphatic carbocycles. The normalized spacial score (nSPS) is 16.3. The molecule has 0 unspecified atom stereocenters. The highest BCUT2D eigenvalue weighted by molar-refractivity contribution is 5.70. The van der Waals surface area contributed by atoms with Gasteiger partial charge in [-0.3, -0.25) is 4.79 Å². The lowest BCUT2D eigenvalue weighted by molar-refractivity contribution is -0.212. The quantitative estimate of drug-likeness (QED) is 0.787. The van der Waals surface area contributed by atoms with E-state index in [1.807, 2.05) is 0 Å². The molecule has 1 fully saturated rings. The first-order chi connectivity index (χ1) is 8.90. The van der Waals surface area contributed by atoms with E-state index < -0.39 is 6.30 Å². The van der Waals surface area contributed by atoms with Crippen molar-refractivity contribution in [2.45, 2.75) is 19.6 Å². The fourth-order valence-electron chi connectivity index (χ4n) is 1.98. The molecule has 0 saturated carbocycles. The Balaban J connectivity index is 1.84. The lowest BCUT2D eigenvalue weighted by Gasteiger charge is -2.39. The van der Waals surface area contributed by atoms with E-state index in [0.717, 1.165) is 6.20 Å². The SMILES string of the molecule is CCOC(=O)CC1CN(c2cnn(C(F)(F)F)c2)C1. The Morgan fingerprint density at radius 2 is 2.21 bits per heavy atom. The summed E-state index contributed by atoms with van der Waals surface area (Å²) in [5, 5.41) is 3.26. The van der Waals surface area contributed by atoms with E-state index in [-0.39, 0.29) is 16.6 Å². The van der Waals surface area contributed by atoms with Crippen molar-refractivity contribution in [2.75, 3.05) is 24.6 Å². The first-order valence-corrected chi connectivity index (χ1v) is 5.92. The Labute approximate surface area is 107 Å². The average molecular weight is 277 g/mol. The first kappa shape index (κ1) is 13.7. The van der Waals surface area contributed by atoms with E-state index in [1.165, 1.54) is 6.20 Å². The zero-order valence-corrected chi connectivity index (χ0v) is 10.4. The second-order valence-electron chi connectivity index (χ2n) is 4.39. The summed E-state index contributed by atoms with van der Waals surface area (Å²) in [6.45, 7) is 3.16. The molecule has 0 aromatic carbocycles. The summed E-state index contributed by atoms with van der Waals surface area (Å²) in [6, 6.07) is 0. The molecule has 1 aromatic rings. The first-order valence-electron chi connectivity index (χ1n) is 5.92. The molecule has 0 atom stereocenters. The number of carbonyl (C=O) groups excluding carboxylic acids is 1. The molecule has 0 spiro atoms. The molecule has 0 bridgehead atoms. The topological polar surface area (TPSA) is 47.4 Å². The minimum Gasteiger partial charge on any atom is -0.466 e. The maximum absolute atomic E-state index is 12.3. The third-order valence-corrected chi connectivity index (χ3v) is 2.91. The fraction of sp³-hybridized carbons (Fsp3) is 0.636. The Hall–Kier alpha value is -1.73. The predicted octanol–water partition coefficient (Wildman–Crippen LogP) is 1.75. The molecule has 1 aliphatic heterocycles. The van der Waals surface area contributed by atoms with Crippen LogP contribution in [0.4, 0.5) is 18.9 Å². The van der Waals surface area contributed by atoms with E-state index in [4.69, 9.17) is 4.74 Å². The van der Waals surface area contributed by atoms with Crippen molar-refractivity contribution in [3.05, 3.63) is 12.4 Å². The van der Waals surface area contributed by atoms with Crippen molar-refractivity contribution in [3.8, 4) is 0 Å². The number of ether oxygens (including phenoxy) is 1. The number of esters is 1. The Morgan fingerprint density at radius 1 is 1.53 bits per heavy atom. The van der Waals surface area contributed by atoms with Gasteiger partial charge in [0, 0.05) is 19.0 Å². The monoisotopic (exact) mass is 277 g/mol. The van der Waals surface area contributed by atoms with Gasteiger partial charge >= 0.3 is 12.3 Å². The third kappa shape index (κ3) is 3.18. The van der Waals surface area contributed by atoms with Crippen LogP contribution in [-0.4, -0.2) is 35.4 Å². The summed E-state index contributed by atoms with van der Waals surface area (Å²) in [7, 11) is 0. The molecule has 0 N–H and O–H groups in total. The van der Waals surface area contributed by atoms with Crippen molar-refractivity contribution < 1.29 is 22.7 Å². The average Bonchev–Trinajstić information content (AvgIpc) is 2.71. The number of nitrogens with zero attached hydrogens (tertiary/aromatic N) is 3. The lowest BCUT2D eigenvalue weighted by atomic mass is 9.96. The van der Waals surface area contributed by atoms with Crippen LogP contribution in [0.25, 0.3) is 0 Å². The van der Waals surface area contributed by atoms with Gasteiger partial charge in [-0.05, 0) is 6.92 Å². The summed E-state index contributed by atoms with van der Waals surface area (Å²) in [6.07, 6.45) is -2.07. The van der Waals surface area contributed by atoms with Gasteiger partial charge in [-0.15, -0.1) is 13.2 Å². The lowest BCUT2D eigenvalue weighted by Crippen LogP contribution is -2.47. The van der Waals surface area contributed by atoms with E-state index in [9.17, 15) is 18.0 Å². The molecule has 0 radical (unpaired) electrons. The summed E-state index contributed by atoms with van der Waals surface area (Å²) in [5.74, 6) is -0.133. The molecular formula is C11H14F3N3O2. The second-order valence-corrected chi connectivity index (χ2v) is 4.39. The van der Waals surface area contributed by atoms with E-state index in [0.29, 0.717) is 31.8 Å². The van der Waals surface area contributed by atoms with E-state index >= 15 is 0 Å². The molecule has 19 heavy (non-hydrogen) atoms. The smallest absolute Gasteiger partial charge is 0.466 e. The highest BCUT2D eigenvalue weighted by Gasteiger charge is 2.34. The summed E-state index contributed by atoms with van der Waals surface area (Å²) >= 11 is 0. The van der Waals surface area contributed by atoms with Gasteiger partial charge in [0.1, 0.15) is 0 Å². The summed E-state index contributed by atoms with van der Waals surface area (Å²) < 4.78 is 41.8. The summed E-state index contributed by atoms with van der Waals surface area (Å²) in [5.41, 5.74) is 0.414. The maximum atomic E-state index is 12.3. The van der Waals surface area contributed by atoms with Gasteiger partial charge in [0.05, 0.1) is 31.1 Å². The standard InChI is InChI=1S/C11H14F3N3O2/c1-2-19-10(18)3-8-5-16(6-8)9-4-15-17(7-9)11(12,13)14/h4,7-8H,2-3,5-6H2,1H3. The number of hydrogen-bond acceptors (Lipinski definition) is 4. The van der Waals surface area contributed by atoms with Gasteiger partial charge in [0.25, 0.3) is 0 Å². The predicted molar refractivity (Wildman–Crippen MR) is 60.5 cm³/mol. The largest absolute Gasteiger partial charge is 0.504 e. The third-order valence-electron chi connectivity index (χ3n) is 2.91. The minimum absolute atomic E-state index is 0.0268. The van der Waals surface area contributed by atoms with Crippen LogP contribution in [0.5, 0.6) is 0 Å². The van der Waals surface area contributed by atoms with Crippen LogP contribution in [0, 0.1) is 5.92 Å². The van der Waals surface area contributed by atoms with Crippen molar-refractivity contribution in [3.63, 3.8) is 0 Å². The van der Waals surface area contributed by atoms with Gasteiger partial charge < -0.3 is 9.64 Å². The molecule has 2 heterocycles. The second kappa shape index (κ2) is 5.10. The van der Waals surface area contributed by atoms with Crippen molar-refractivity contribution in [1.82, 2.24) is 9.78 Å². The van der Waals surface area contributed by atoms with Gasteiger partial charge in [-0.25, -0.2) is 0 Å². The number of carbonyl (C=O) groups is 1. The fourth-order valence-corrected chi connectivity index (χ4v) is 1.98.